The van der Waals surface area contributed by atoms with Gasteiger partial charge in [-0.25, -0.2) is 4.98 Å². The Morgan fingerprint density at radius 3 is 2.72 bits per heavy atom. The van der Waals surface area contributed by atoms with Gasteiger partial charge in [0.05, 0.1) is 6.33 Å². The highest BCUT2D eigenvalue weighted by molar-refractivity contribution is 9.10. The van der Waals surface area contributed by atoms with Gasteiger partial charge in [-0.05, 0) is 48.4 Å². The van der Waals surface area contributed by atoms with Crippen molar-refractivity contribution in [2.75, 3.05) is 6.61 Å². The number of carbonyl (C=O) groups excluding carboxylic acids is 1. The van der Waals surface area contributed by atoms with E-state index in [-0.39, 0.29) is 12.5 Å². The van der Waals surface area contributed by atoms with E-state index in [9.17, 15) is 4.79 Å². The number of hydrogen-bond donors (Lipinski definition) is 1. The third kappa shape index (κ3) is 4.70. The van der Waals surface area contributed by atoms with Gasteiger partial charge in [-0.2, -0.15) is 0 Å². The second kappa shape index (κ2) is 7.98. The summed E-state index contributed by atoms with van der Waals surface area (Å²) in [5, 5.41) is 2.86. The van der Waals surface area contributed by atoms with Crippen LogP contribution in [0.15, 0.2) is 65.7 Å². The molecule has 0 aliphatic carbocycles. The molecule has 1 amide bonds. The molecule has 0 saturated heterocycles. The number of carbonyl (C=O) groups is 1. The summed E-state index contributed by atoms with van der Waals surface area (Å²) >= 11 is 3.44. The van der Waals surface area contributed by atoms with E-state index in [0.717, 1.165) is 21.3 Å². The largest absolute Gasteiger partial charge is 0.484 e. The lowest BCUT2D eigenvalue weighted by molar-refractivity contribution is -0.123. The SMILES string of the molecule is Cc1cc(OCC(=O)NCc2ccc(-n3ccnc3)cc2)ccc1Br. The van der Waals surface area contributed by atoms with Gasteiger partial charge in [0, 0.05) is 29.1 Å². The minimum absolute atomic E-state index is 0.00576. The summed E-state index contributed by atoms with van der Waals surface area (Å²) in [7, 11) is 0. The van der Waals surface area contributed by atoms with E-state index in [1.807, 2.05) is 60.2 Å². The molecule has 3 aromatic rings. The minimum atomic E-state index is -0.153. The second-order valence-electron chi connectivity index (χ2n) is 5.61. The molecule has 128 valence electrons. The molecule has 0 bridgehead atoms. The smallest absolute Gasteiger partial charge is 0.258 e. The van der Waals surface area contributed by atoms with Gasteiger partial charge in [-0.1, -0.05) is 28.1 Å². The van der Waals surface area contributed by atoms with Crippen LogP contribution >= 0.6 is 15.9 Å². The Bertz CT molecular complexity index is 846. The van der Waals surface area contributed by atoms with Crippen molar-refractivity contribution in [3.63, 3.8) is 0 Å². The fourth-order valence-electron chi connectivity index (χ4n) is 2.31. The monoisotopic (exact) mass is 399 g/mol. The summed E-state index contributed by atoms with van der Waals surface area (Å²) in [6, 6.07) is 13.6. The normalized spacial score (nSPS) is 10.5. The predicted molar refractivity (Wildman–Crippen MR) is 99.8 cm³/mol. The van der Waals surface area contributed by atoms with Crippen molar-refractivity contribution in [1.29, 1.82) is 0 Å². The topological polar surface area (TPSA) is 56.1 Å². The van der Waals surface area contributed by atoms with E-state index < -0.39 is 0 Å². The highest BCUT2D eigenvalue weighted by Gasteiger charge is 2.04. The number of halogens is 1. The number of benzene rings is 2. The van der Waals surface area contributed by atoms with Crippen LogP contribution in [0.1, 0.15) is 11.1 Å². The van der Waals surface area contributed by atoms with Gasteiger partial charge in [0.15, 0.2) is 6.61 Å². The number of aryl methyl sites for hydroxylation is 1. The number of ether oxygens (including phenoxy) is 1. The van der Waals surface area contributed by atoms with Crippen molar-refractivity contribution in [3.8, 4) is 11.4 Å². The number of nitrogens with zero attached hydrogens (tertiary/aromatic N) is 2. The third-order valence-corrected chi connectivity index (χ3v) is 4.62. The maximum atomic E-state index is 11.9. The zero-order valence-electron chi connectivity index (χ0n) is 13.8. The minimum Gasteiger partial charge on any atom is -0.484 e. The van der Waals surface area contributed by atoms with Gasteiger partial charge in [-0.3, -0.25) is 4.79 Å². The maximum Gasteiger partial charge on any atom is 0.258 e. The van der Waals surface area contributed by atoms with Gasteiger partial charge < -0.3 is 14.6 Å². The molecule has 1 aromatic heterocycles. The first-order valence-electron chi connectivity index (χ1n) is 7.85. The first-order chi connectivity index (χ1) is 12.1. The fraction of sp³-hybridized carbons (Fsp3) is 0.158. The van der Waals surface area contributed by atoms with E-state index in [1.54, 1.807) is 12.5 Å². The van der Waals surface area contributed by atoms with Gasteiger partial charge in [0.2, 0.25) is 0 Å². The van der Waals surface area contributed by atoms with Crippen LogP contribution in [0.25, 0.3) is 5.69 Å². The van der Waals surface area contributed by atoms with E-state index in [2.05, 4.69) is 26.2 Å². The zero-order chi connectivity index (χ0) is 17.6. The molecular weight excluding hydrogens is 382 g/mol. The van der Waals surface area contributed by atoms with Crippen molar-refractivity contribution in [1.82, 2.24) is 14.9 Å². The van der Waals surface area contributed by atoms with Crippen molar-refractivity contribution in [2.45, 2.75) is 13.5 Å². The number of nitrogens with one attached hydrogen (secondary N) is 1. The van der Waals surface area contributed by atoms with Crippen LogP contribution in [0.2, 0.25) is 0 Å². The molecule has 5 nitrogen and oxygen atoms in total. The number of hydrogen-bond acceptors (Lipinski definition) is 3. The van der Waals surface area contributed by atoms with Gasteiger partial charge in [0.25, 0.3) is 5.91 Å². The van der Waals surface area contributed by atoms with E-state index in [1.165, 1.54) is 0 Å². The van der Waals surface area contributed by atoms with Crippen LogP contribution in [0.5, 0.6) is 5.75 Å². The summed E-state index contributed by atoms with van der Waals surface area (Å²) < 4.78 is 8.46. The highest BCUT2D eigenvalue weighted by Crippen LogP contribution is 2.21. The first-order valence-corrected chi connectivity index (χ1v) is 8.64. The van der Waals surface area contributed by atoms with E-state index in [0.29, 0.717) is 12.3 Å². The quantitative estimate of drug-likeness (QED) is 0.688. The van der Waals surface area contributed by atoms with Gasteiger partial charge >= 0.3 is 0 Å². The van der Waals surface area contributed by atoms with Crippen LogP contribution in [0.4, 0.5) is 0 Å². The lowest BCUT2D eigenvalue weighted by Gasteiger charge is -2.09. The third-order valence-electron chi connectivity index (χ3n) is 3.73. The van der Waals surface area contributed by atoms with Crippen LogP contribution in [0.3, 0.4) is 0 Å². The molecule has 1 N–H and O–H groups in total. The van der Waals surface area contributed by atoms with E-state index >= 15 is 0 Å². The molecule has 0 atom stereocenters. The molecular formula is C19H18BrN3O2. The van der Waals surface area contributed by atoms with Crippen molar-refractivity contribution in [3.05, 3.63) is 76.8 Å². The summed E-state index contributed by atoms with van der Waals surface area (Å²) in [5.74, 6) is 0.528. The van der Waals surface area contributed by atoms with Crippen molar-refractivity contribution < 1.29 is 9.53 Å². The average molecular weight is 400 g/mol. The molecule has 0 spiro atoms. The average Bonchev–Trinajstić information content (AvgIpc) is 3.16. The molecule has 0 saturated carbocycles. The van der Waals surface area contributed by atoms with Gasteiger partial charge in [-0.15, -0.1) is 0 Å². The Morgan fingerprint density at radius 1 is 1.24 bits per heavy atom. The molecule has 6 heteroatoms. The molecule has 0 radical (unpaired) electrons. The summed E-state index contributed by atoms with van der Waals surface area (Å²) in [6.45, 7) is 2.43. The molecule has 0 aliphatic rings. The zero-order valence-corrected chi connectivity index (χ0v) is 15.4. The lowest BCUT2D eigenvalue weighted by atomic mass is 10.2. The summed E-state index contributed by atoms with van der Waals surface area (Å²) in [6.07, 6.45) is 5.37. The Balaban J connectivity index is 1.48. The Morgan fingerprint density at radius 2 is 2.04 bits per heavy atom. The number of rotatable bonds is 6. The van der Waals surface area contributed by atoms with Crippen LogP contribution < -0.4 is 10.1 Å². The van der Waals surface area contributed by atoms with Crippen LogP contribution in [0, 0.1) is 6.92 Å². The van der Waals surface area contributed by atoms with E-state index in [4.69, 9.17) is 4.74 Å². The first kappa shape index (κ1) is 17.2. The Kier molecular flexibility index (Phi) is 5.50. The fourth-order valence-corrected chi connectivity index (χ4v) is 2.55. The standard InChI is InChI=1S/C19H18BrN3O2/c1-14-10-17(6-7-18(14)20)25-12-19(24)22-11-15-2-4-16(5-3-15)23-9-8-21-13-23/h2-10,13H,11-12H2,1H3,(H,22,24). The van der Waals surface area contributed by atoms with Crippen molar-refractivity contribution in [2.24, 2.45) is 0 Å². The van der Waals surface area contributed by atoms with Crippen LogP contribution in [-0.2, 0) is 11.3 Å². The second-order valence-corrected chi connectivity index (χ2v) is 6.47. The molecule has 3 rings (SSSR count). The number of aromatic nitrogens is 2. The number of amides is 1. The van der Waals surface area contributed by atoms with Gasteiger partial charge in [0.1, 0.15) is 5.75 Å². The molecule has 0 fully saturated rings. The van der Waals surface area contributed by atoms with Crippen molar-refractivity contribution >= 4 is 21.8 Å². The summed E-state index contributed by atoms with van der Waals surface area (Å²) in [4.78, 5) is 16.0. The molecule has 0 aliphatic heterocycles. The molecule has 0 unspecified atom stereocenters. The summed E-state index contributed by atoms with van der Waals surface area (Å²) in [5.41, 5.74) is 3.12. The maximum absolute atomic E-state index is 11.9. The predicted octanol–water partition coefficient (Wildman–Crippen LogP) is 3.64. The van der Waals surface area contributed by atoms with Crippen LogP contribution in [-0.4, -0.2) is 22.1 Å². The number of imidazole rings is 1. The Labute approximate surface area is 154 Å². The molecule has 25 heavy (non-hydrogen) atoms. The molecule has 2 aromatic carbocycles. The Hall–Kier alpha value is -2.60. The highest BCUT2D eigenvalue weighted by atomic mass is 79.9. The lowest BCUT2D eigenvalue weighted by Crippen LogP contribution is -2.28. The molecule has 1 heterocycles.